The molecule has 2 heterocycles. The standard InChI is InChI=1S/C21H15N5OS/c22-11-14-15(12-7-3-1-4-8-12)18-17(26-19(14)23)16(20(24)27)21(28-18)25-13-9-5-2-6-10-13/h1-10,25H,(H2,23,26)(H2,24,27)/p+1. The van der Waals surface area contributed by atoms with Gasteiger partial charge in [0, 0.05) is 11.3 Å². The molecule has 0 aliphatic carbocycles. The highest BCUT2D eigenvalue weighted by Gasteiger charge is 2.27. The molecule has 4 rings (SSSR count). The van der Waals surface area contributed by atoms with Crippen LogP contribution in [0.5, 0.6) is 0 Å². The van der Waals surface area contributed by atoms with E-state index in [4.69, 9.17) is 11.5 Å². The van der Waals surface area contributed by atoms with Crippen molar-refractivity contribution in [2.24, 2.45) is 5.73 Å². The number of nitrogen functional groups attached to an aromatic ring is 1. The number of para-hydroxylation sites is 1. The number of aromatic nitrogens is 1. The van der Waals surface area contributed by atoms with Crippen LogP contribution in [0.3, 0.4) is 0 Å². The van der Waals surface area contributed by atoms with E-state index in [0.717, 1.165) is 16.0 Å². The summed E-state index contributed by atoms with van der Waals surface area (Å²) in [4.78, 5) is 15.3. The molecule has 4 aromatic rings. The van der Waals surface area contributed by atoms with Crippen LogP contribution in [0.4, 0.5) is 16.5 Å². The second kappa shape index (κ2) is 7.02. The molecule has 6 N–H and O–H groups in total. The number of nitrogens with two attached hydrogens (primary N) is 2. The number of primary amides is 1. The summed E-state index contributed by atoms with van der Waals surface area (Å²) >= 11 is 1.36. The number of nitrogens with zero attached hydrogens (tertiary/aromatic N) is 1. The molecule has 136 valence electrons. The van der Waals surface area contributed by atoms with E-state index >= 15 is 0 Å². The summed E-state index contributed by atoms with van der Waals surface area (Å²) in [5.74, 6) is -0.385. The van der Waals surface area contributed by atoms with Gasteiger partial charge in [0.25, 0.3) is 11.7 Å². The number of H-pyrrole nitrogens is 1. The lowest BCUT2D eigenvalue weighted by Crippen LogP contribution is -2.19. The van der Waals surface area contributed by atoms with Gasteiger partial charge in [-0.2, -0.15) is 5.26 Å². The third-order valence-corrected chi connectivity index (χ3v) is 5.49. The molecule has 0 bridgehead atoms. The molecule has 0 unspecified atom stereocenters. The highest BCUT2D eigenvalue weighted by molar-refractivity contribution is 7.23. The predicted molar refractivity (Wildman–Crippen MR) is 111 cm³/mol. The minimum atomic E-state index is -0.580. The van der Waals surface area contributed by atoms with Gasteiger partial charge in [0.05, 0.1) is 4.70 Å². The number of carbonyl (C=O) groups is 1. The van der Waals surface area contributed by atoms with Gasteiger partial charge in [0.15, 0.2) is 5.52 Å². The van der Waals surface area contributed by atoms with E-state index in [1.54, 1.807) is 0 Å². The molecule has 0 radical (unpaired) electrons. The summed E-state index contributed by atoms with van der Waals surface area (Å²) in [6.07, 6.45) is 0. The zero-order chi connectivity index (χ0) is 19.7. The Hall–Kier alpha value is -3.89. The van der Waals surface area contributed by atoms with Crippen LogP contribution in [-0.2, 0) is 0 Å². The Kier molecular flexibility index (Phi) is 4.39. The van der Waals surface area contributed by atoms with E-state index in [-0.39, 0.29) is 5.82 Å². The van der Waals surface area contributed by atoms with Crippen molar-refractivity contribution in [1.29, 1.82) is 5.26 Å². The number of thiophene rings is 1. The fourth-order valence-electron chi connectivity index (χ4n) is 3.14. The third-order valence-electron chi connectivity index (χ3n) is 4.37. The lowest BCUT2D eigenvalue weighted by atomic mass is 10.00. The molecule has 2 aromatic carbocycles. The number of rotatable bonds is 4. The van der Waals surface area contributed by atoms with Crippen molar-refractivity contribution < 1.29 is 9.78 Å². The minimum absolute atomic E-state index is 0.195. The lowest BCUT2D eigenvalue weighted by Gasteiger charge is -2.05. The van der Waals surface area contributed by atoms with E-state index in [2.05, 4.69) is 16.4 Å². The van der Waals surface area contributed by atoms with Gasteiger partial charge in [-0.3, -0.25) is 10.5 Å². The number of benzene rings is 2. The molecule has 7 heteroatoms. The van der Waals surface area contributed by atoms with Crippen LogP contribution in [0.2, 0.25) is 0 Å². The molecule has 0 fully saturated rings. The van der Waals surface area contributed by atoms with Crippen LogP contribution >= 0.6 is 11.3 Å². The SMILES string of the molecule is N#Cc1c(N)[nH+]c2c(C(N)=O)c(Nc3ccccc3)sc2c1-c1ccccc1. The quantitative estimate of drug-likeness (QED) is 0.495. The first-order valence-electron chi connectivity index (χ1n) is 8.48. The molecule has 0 spiro atoms. The van der Waals surface area contributed by atoms with Crippen LogP contribution in [0.25, 0.3) is 21.3 Å². The van der Waals surface area contributed by atoms with Gasteiger partial charge in [-0.15, -0.1) is 11.3 Å². The normalized spacial score (nSPS) is 10.5. The number of pyridine rings is 1. The molecule has 1 amide bonds. The van der Waals surface area contributed by atoms with Gasteiger partial charge < -0.3 is 11.1 Å². The predicted octanol–water partition coefficient (Wildman–Crippen LogP) is 3.68. The Morgan fingerprint density at radius 3 is 2.32 bits per heavy atom. The summed E-state index contributed by atoms with van der Waals surface area (Å²) in [6.45, 7) is 0. The minimum Gasteiger partial charge on any atom is -0.365 e. The molecule has 0 saturated carbocycles. The number of nitrogens with one attached hydrogen (secondary N) is 2. The summed E-state index contributed by atoms with van der Waals surface area (Å²) in [5, 5.41) is 13.5. The summed E-state index contributed by atoms with van der Waals surface area (Å²) in [6, 6.07) is 21.2. The number of nitriles is 1. The average molecular weight is 386 g/mol. The molecule has 0 aliphatic heterocycles. The average Bonchev–Trinajstić information content (AvgIpc) is 3.05. The van der Waals surface area contributed by atoms with Crippen LogP contribution in [0, 0.1) is 11.3 Å². The number of hydrogen-bond donors (Lipinski definition) is 3. The van der Waals surface area contributed by atoms with Crippen LogP contribution < -0.4 is 21.8 Å². The Balaban J connectivity index is 2.05. The van der Waals surface area contributed by atoms with Gasteiger partial charge in [0.2, 0.25) is 0 Å². The summed E-state index contributed by atoms with van der Waals surface area (Å²) < 4.78 is 0.740. The summed E-state index contributed by atoms with van der Waals surface area (Å²) in [7, 11) is 0. The second-order valence-electron chi connectivity index (χ2n) is 6.13. The van der Waals surface area contributed by atoms with Gasteiger partial charge >= 0.3 is 0 Å². The zero-order valence-electron chi connectivity index (χ0n) is 14.7. The smallest absolute Gasteiger partial charge is 0.289 e. The summed E-state index contributed by atoms with van der Waals surface area (Å²) in [5.41, 5.74) is 15.3. The van der Waals surface area contributed by atoms with Gasteiger partial charge in [0.1, 0.15) is 22.2 Å². The highest BCUT2D eigenvalue weighted by atomic mass is 32.1. The lowest BCUT2D eigenvalue weighted by molar-refractivity contribution is -0.326. The van der Waals surface area contributed by atoms with Gasteiger partial charge in [-0.1, -0.05) is 48.5 Å². The number of carbonyl (C=O) groups excluding carboxylic acids is 1. The van der Waals surface area contributed by atoms with Crippen LogP contribution in [0.15, 0.2) is 60.7 Å². The van der Waals surface area contributed by atoms with Crippen molar-refractivity contribution in [2.45, 2.75) is 0 Å². The Bertz CT molecular complexity index is 1230. The van der Waals surface area contributed by atoms with Crippen molar-refractivity contribution in [3.8, 4) is 17.2 Å². The fourth-order valence-corrected chi connectivity index (χ4v) is 4.40. The van der Waals surface area contributed by atoms with Crippen molar-refractivity contribution in [3.05, 3.63) is 71.8 Å². The van der Waals surface area contributed by atoms with E-state index in [0.29, 0.717) is 27.2 Å². The van der Waals surface area contributed by atoms with Crippen molar-refractivity contribution in [1.82, 2.24) is 0 Å². The first-order valence-corrected chi connectivity index (χ1v) is 9.30. The van der Waals surface area contributed by atoms with E-state index in [1.165, 1.54) is 11.3 Å². The topological polar surface area (TPSA) is 119 Å². The Morgan fingerprint density at radius 1 is 1.07 bits per heavy atom. The van der Waals surface area contributed by atoms with Crippen molar-refractivity contribution in [3.63, 3.8) is 0 Å². The Labute approximate surface area is 165 Å². The van der Waals surface area contributed by atoms with E-state index < -0.39 is 5.91 Å². The largest absolute Gasteiger partial charge is 0.365 e. The maximum Gasteiger partial charge on any atom is 0.289 e. The van der Waals surface area contributed by atoms with Crippen molar-refractivity contribution in [2.75, 3.05) is 11.1 Å². The number of anilines is 3. The highest BCUT2D eigenvalue weighted by Crippen LogP contribution is 2.42. The molecule has 28 heavy (non-hydrogen) atoms. The van der Waals surface area contributed by atoms with E-state index in [9.17, 15) is 10.1 Å². The maximum atomic E-state index is 12.3. The molecular formula is C21H16N5OS+. The molecular weight excluding hydrogens is 370 g/mol. The molecule has 6 nitrogen and oxygen atoms in total. The number of aromatic amines is 1. The molecule has 2 aromatic heterocycles. The molecule has 0 saturated heterocycles. The first-order chi connectivity index (χ1) is 13.6. The number of amides is 1. The van der Waals surface area contributed by atoms with Gasteiger partial charge in [-0.05, 0) is 17.7 Å². The van der Waals surface area contributed by atoms with Crippen LogP contribution in [0.1, 0.15) is 15.9 Å². The fraction of sp³-hybridized carbons (Fsp3) is 0. The van der Waals surface area contributed by atoms with Crippen LogP contribution in [-0.4, -0.2) is 5.91 Å². The molecule has 0 atom stereocenters. The van der Waals surface area contributed by atoms with Crippen molar-refractivity contribution >= 4 is 44.0 Å². The number of hydrogen-bond acceptors (Lipinski definition) is 5. The monoisotopic (exact) mass is 386 g/mol. The third kappa shape index (κ3) is 2.92. The van der Waals surface area contributed by atoms with Gasteiger partial charge in [-0.25, -0.2) is 4.98 Å². The van der Waals surface area contributed by atoms with E-state index in [1.807, 2.05) is 60.7 Å². The maximum absolute atomic E-state index is 12.3. The number of fused-ring (bicyclic) bond motifs is 1. The molecule has 0 aliphatic rings. The zero-order valence-corrected chi connectivity index (χ0v) is 15.5. The first kappa shape index (κ1) is 17.5. The second-order valence-corrected chi connectivity index (χ2v) is 7.15. The Morgan fingerprint density at radius 2 is 1.71 bits per heavy atom.